The van der Waals surface area contributed by atoms with Gasteiger partial charge >= 0.3 is 0 Å². The molecule has 0 saturated carbocycles. The highest BCUT2D eigenvalue weighted by Gasteiger charge is 2.19. The molecule has 0 aliphatic rings. The maximum atomic E-state index is 13.9. The standard InChI is InChI=1S/C11H10BrF2N3S/c1-15-9(10-5-16-17-18-10)4-6-8(13)3-2-7(12)11(6)14/h2-3,5,9,15H,4H2,1H3. The first-order chi connectivity index (χ1) is 8.63. The van der Waals surface area contributed by atoms with Gasteiger partial charge in [-0.2, -0.15) is 0 Å². The highest BCUT2D eigenvalue weighted by molar-refractivity contribution is 9.10. The molecular weight excluding hydrogens is 324 g/mol. The van der Waals surface area contributed by atoms with Crippen molar-refractivity contribution >= 4 is 27.5 Å². The van der Waals surface area contributed by atoms with Crippen LogP contribution in [0.15, 0.2) is 22.8 Å². The Bertz CT molecular complexity index is 533. The highest BCUT2D eigenvalue weighted by atomic mass is 79.9. The van der Waals surface area contributed by atoms with E-state index in [1.165, 1.54) is 23.7 Å². The van der Waals surface area contributed by atoms with Crippen LogP contribution in [0, 0.1) is 11.6 Å². The van der Waals surface area contributed by atoms with E-state index >= 15 is 0 Å². The van der Waals surface area contributed by atoms with E-state index in [0.717, 1.165) is 4.88 Å². The predicted octanol–water partition coefficient (Wildman–Crippen LogP) is 3.08. The summed E-state index contributed by atoms with van der Waals surface area (Å²) < 4.78 is 31.5. The van der Waals surface area contributed by atoms with Crippen LogP contribution in [-0.4, -0.2) is 16.6 Å². The number of nitrogens with zero attached hydrogens (tertiary/aromatic N) is 2. The van der Waals surface area contributed by atoms with Crippen LogP contribution >= 0.6 is 27.5 Å². The van der Waals surface area contributed by atoms with Gasteiger partial charge in [0.15, 0.2) is 0 Å². The molecule has 0 bridgehead atoms. The van der Waals surface area contributed by atoms with E-state index in [0.29, 0.717) is 0 Å². The first kappa shape index (κ1) is 13.5. The summed E-state index contributed by atoms with van der Waals surface area (Å²) in [6.07, 6.45) is 1.80. The van der Waals surface area contributed by atoms with Crippen LogP contribution in [0.5, 0.6) is 0 Å². The Hall–Kier alpha value is -0.920. The Morgan fingerprint density at radius 3 is 2.83 bits per heavy atom. The molecule has 1 heterocycles. The van der Waals surface area contributed by atoms with Crippen molar-refractivity contribution in [3.63, 3.8) is 0 Å². The molecule has 0 saturated heterocycles. The number of benzene rings is 1. The minimum Gasteiger partial charge on any atom is -0.312 e. The Balaban J connectivity index is 2.30. The first-order valence-electron chi connectivity index (χ1n) is 5.20. The molecule has 1 N–H and O–H groups in total. The summed E-state index contributed by atoms with van der Waals surface area (Å²) in [6, 6.07) is 2.40. The number of hydrogen-bond acceptors (Lipinski definition) is 4. The van der Waals surface area contributed by atoms with E-state index in [9.17, 15) is 8.78 Å². The molecule has 1 atom stereocenters. The van der Waals surface area contributed by atoms with Crippen molar-refractivity contribution in [3.8, 4) is 0 Å². The van der Waals surface area contributed by atoms with Gasteiger partial charge in [-0.25, -0.2) is 8.78 Å². The smallest absolute Gasteiger partial charge is 0.143 e. The second kappa shape index (κ2) is 5.81. The van der Waals surface area contributed by atoms with Crippen LogP contribution in [0.2, 0.25) is 0 Å². The molecule has 1 aromatic carbocycles. The largest absolute Gasteiger partial charge is 0.312 e. The molecule has 0 radical (unpaired) electrons. The number of aromatic nitrogens is 2. The number of rotatable bonds is 4. The lowest BCUT2D eigenvalue weighted by molar-refractivity contribution is 0.515. The highest BCUT2D eigenvalue weighted by Crippen LogP contribution is 2.27. The van der Waals surface area contributed by atoms with Crippen LogP contribution in [0.4, 0.5) is 8.78 Å². The molecule has 0 aliphatic heterocycles. The van der Waals surface area contributed by atoms with Crippen LogP contribution in [0.1, 0.15) is 16.5 Å². The minimum atomic E-state index is -0.562. The van der Waals surface area contributed by atoms with Gasteiger partial charge in [0.1, 0.15) is 11.6 Å². The molecule has 0 fully saturated rings. The monoisotopic (exact) mass is 333 g/mol. The summed E-state index contributed by atoms with van der Waals surface area (Å²) in [5.41, 5.74) is 0.0529. The Morgan fingerprint density at radius 1 is 1.44 bits per heavy atom. The third-order valence-corrected chi connectivity index (χ3v) is 4.01. The van der Waals surface area contributed by atoms with Crippen molar-refractivity contribution in [2.45, 2.75) is 12.5 Å². The fraction of sp³-hybridized carbons (Fsp3) is 0.273. The van der Waals surface area contributed by atoms with E-state index in [4.69, 9.17) is 0 Å². The normalized spacial score (nSPS) is 12.7. The minimum absolute atomic E-state index is 0.0529. The fourth-order valence-electron chi connectivity index (χ4n) is 1.63. The molecule has 1 aromatic heterocycles. The van der Waals surface area contributed by atoms with Gasteiger partial charge in [-0.3, -0.25) is 0 Å². The first-order valence-corrected chi connectivity index (χ1v) is 6.77. The predicted molar refractivity (Wildman–Crippen MR) is 69.5 cm³/mol. The summed E-state index contributed by atoms with van der Waals surface area (Å²) in [7, 11) is 1.73. The van der Waals surface area contributed by atoms with E-state index in [1.54, 1.807) is 13.2 Å². The van der Waals surface area contributed by atoms with Crippen molar-refractivity contribution in [3.05, 3.63) is 44.9 Å². The molecule has 0 amide bonds. The zero-order valence-corrected chi connectivity index (χ0v) is 11.9. The lowest BCUT2D eigenvalue weighted by Crippen LogP contribution is -2.19. The Morgan fingerprint density at radius 2 is 2.22 bits per heavy atom. The SMILES string of the molecule is CNC(Cc1c(F)ccc(Br)c1F)c1cnns1. The maximum absolute atomic E-state index is 13.9. The van der Waals surface area contributed by atoms with Crippen LogP contribution in [-0.2, 0) is 6.42 Å². The molecule has 0 aliphatic carbocycles. The lowest BCUT2D eigenvalue weighted by atomic mass is 10.0. The summed E-state index contributed by atoms with van der Waals surface area (Å²) >= 11 is 4.27. The number of hydrogen-bond donors (Lipinski definition) is 1. The summed E-state index contributed by atoms with van der Waals surface area (Å²) in [4.78, 5) is 0.844. The second-order valence-corrected chi connectivity index (χ2v) is 5.36. The van der Waals surface area contributed by atoms with Crippen LogP contribution < -0.4 is 5.32 Å². The van der Waals surface area contributed by atoms with Crippen molar-refractivity contribution in [2.75, 3.05) is 7.05 Å². The lowest BCUT2D eigenvalue weighted by Gasteiger charge is -2.15. The average molecular weight is 334 g/mol. The van der Waals surface area contributed by atoms with Crippen molar-refractivity contribution in [1.82, 2.24) is 14.9 Å². The molecular formula is C11H10BrF2N3S. The zero-order chi connectivity index (χ0) is 13.1. The molecule has 96 valence electrons. The van der Waals surface area contributed by atoms with Crippen LogP contribution in [0.3, 0.4) is 0 Å². The summed E-state index contributed by atoms with van der Waals surface area (Å²) in [5.74, 6) is -1.11. The van der Waals surface area contributed by atoms with Crippen molar-refractivity contribution < 1.29 is 8.78 Å². The van der Waals surface area contributed by atoms with Crippen molar-refractivity contribution in [2.24, 2.45) is 0 Å². The maximum Gasteiger partial charge on any atom is 0.143 e. The number of nitrogens with one attached hydrogen (secondary N) is 1. The van der Waals surface area contributed by atoms with Gasteiger partial charge in [-0.15, -0.1) is 5.10 Å². The van der Waals surface area contributed by atoms with E-state index in [-0.39, 0.29) is 22.5 Å². The summed E-state index contributed by atoms with van der Waals surface area (Å²) in [5, 5.41) is 6.74. The third kappa shape index (κ3) is 2.73. The number of likely N-dealkylation sites (N-methyl/N-ethyl adjacent to an activating group) is 1. The van der Waals surface area contributed by atoms with E-state index in [2.05, 4.69) is 30.8 Å². The number of halogens is 3. The van der Waals surface area contributed by atoms with Crippen LogP contribution in [0.25, 0.3) is 0 Å². The van der Waals surface area contributed by atoms with E-state index < -0.39 is 11.6 Å². The molecule has 1 unspecified atom stereocenters. The quantitative estimate of drug-likeness (QED) is 0.874. The summed E-state index contributed by atoms with van der Waals surface area (Å²) in [6.45, 7) is 0. The van der Waals surface area contributed by atoms with Gasteiger partial charge in [-0.05, 0) is 53.1 Å². The molecule has 2 rings (SSSR count). The zero-order valence-electron chi connectivity index (χ0n) is 9.45. The third-order valence-electron chi connectivity index (χ3n) is 2.62. The average Bonchev–Trinajstić information content (AvgIpc) is 2.88. The molecule has 18 heavy (non-hydrogen) atoms. The Labute approximate surface area is 116 Å². The molecule has 3 nitrogen and oxygen atoms in total. The fourth-order valence-corrected chi connectivity index (χ4v) is 2.62. The molecule has 0 spiro atoms. The molecule has 2 aromatic rings. The molecule has 7 heteroatoms. The topological polar surface area (TPSA) is 37.8 Å². The van der Waals surface area contributed by atoms with Gasteiger partial charge in [0.05, 0.1) is 15.5 Å². The second-order valence-electron chi connectivity index (χ2n) is 3.69. The van der Waals surface area contributed by atoms with E-state index in [1.807, 2.05) is 0 Å². The van der Waals surface area contributed by atoms with Gasteiger partial charge in [0.2, 0.25) is 0 Å². The van der Waals surface area contributed by atoms with Gasteiger partial charge in [0, 0.05) is 11.6 Å². The Kier molecular flexibility index (Phi) is 4.36. The van der Waals surface area contributed by atoms with Gasteiger partial charge < -0.3 is 5.32 Å². The van der Waals surface area contributed by atoms with Gasteiger partial charge in [-0.1, -0.05) is 4.49 Å². The van der Waals surface area contributed by atoms with Gasteiger partial charge in [0.25, 0.3) is 0 Å². The van der Waals surface area contributed by atoms with Crippen molar-refractivity contribution in [1.29, 1.82) is 0 Å².